The van der Waals surface area contributed by atoms with Gasteiger partial charge < -0.3 is 10.1 Å². The fourth-order valence-electron chi connectivity index (χ4n) is 1.51. The van der Waals surface area contributed by atoms with E-state index in [0.29, 0.717) is 17.1 Å². The van der Waals surface area contributed by atoms with E-state index in [1.54, 1.807) is 0 Å². The minimum Gasteiger partial charge on any atom is -0.489 e. The Morgan fingerprint density at radius 2 is 2.12 bits per heavy atom. The molecule has 2 nitrogen and oxygen atoms in total. The van der Waals surface area contributed by atoms with E-state index in [0.717, 1.165) is 19.0 Å². The van der Waals surface area contributed by atoms with Crippen molar-refractivity contribution < 1.29 is 13.5 Å². The van der Waals surface area contributed by atoms with Crippen molar-refractivity contribution in [2.24, 2.45) is 0 Å². The third kappa shape index (κ3) is 3.92. The highest BCUT2D eigenvalue weighted by molar-refractivity contribution is 9.10. The van der Waals surface area contributed by atoms with Gasteiger partial charge in [-0.25, -0.2) is 8.78 Å². The van der Waals surface area contributed by atoms with Crippen LogP contribution in [0.4, 0.5) is 8.78 Å². The number of halogens is 3. The number of ether oxygens (including phenoxy) is 1. The monoisotopic (exact) mass is 305 g/mol. The molecule has 1 aromatic carbocycles. The Morgan fingerprint density at radius 3 is 2.76 bits per heavy atom. The summed E-state index contributed by atoms with van der Waals surface area (Å²) in [6.07, 6.45) is 3.30. The molecule has 1 N–H and O–H groups in total. The summed E-state index contributed by atoms with van der Waals surface area (Å²) in [6.45, 7) is 1.28. The fraction of sp³-hybridized carbons (Fsp3) is 0.500. The molecule has 94 valence electrons. The van der Waals surface area contributed by atoms with Crippen LogP contribution in [0.3, 0.4) is 0 Å². The first-order chi connectivity index (χ1) is 8.16. The summed E-state index contributed by atoms with van der Waals surface area (Å²) in [7, 11) is 0. The van der Waals surface area contributed by atoms with Gasteiger partial charge in [-0.2, -0.15) is 0 Å². The number of hydrogen-bond donors (Lipinski definition) is 1. The maximum Gasteiger partial charge on any atom is 0.169 e. The topological polar surface area (TPSA) is 21.3 Å². The molecule has 0 atom stereocenters. The lowest BCUT2D eigenvalue weighted by atomic mass is 10.3. The average molecular weight is 306 g/mol. The molecule has 0 amide bonds. The van der Waals surface area contributed by atoms with Crippen molar-refractivity contribution in [3.05, 3.63) is 28.2 Å². The molecule has 1 aromatic rings. The smallest absolute Gasteiger partial charge is 0.169 e. The Morgan fingerprint density at radius 1 is 1.35 bits per heavy atom. The molecule has 2 rings (SSSR count). The molecular formula is C12H14BrF2NO. The van der Waals surface area contributed by atoms with E-state index >= 15 is 0 Å². The van der Waals surface area contributed by atoms with Crippen LogP contribution in [0.5, 0.6) is 5.75 Å². The van der Waals surface area contributed by atoms with Crippen LogP contribution in [-0.4, -0.2) is 19.2 Å². The molecule has 0 spiro atoms. The van der Waals surface area contributed by atoms with Gasteiger partial charge in [0.25, 0.3) is 0 Å². The van der Waals surface area contributed by atoms with E-state index in [1.807, 2.05) is 0 Å². The Balaban J connectivity index is 1.77. The highest BCUT2D eigenvalue weighted by Crippen LogP contribution is 2.29. The Bertz CT molecular complexity index is 373. The van der Waals surface area contributed by atoms with Crippen LogP contribution >= 0.6 is 15.9 Å². The van der Waals surface area contributed by atoms with Gasteiger partial charge in [0, 0.05) is 12.1 Å². The summed E-state index contributed by atoms with van der Waals surface area (Å²) >= 11 is 3.08. The van der Waals surface area contributed by atoms with Gasteiger partial charge in [0.05, 0.1) is 11.1 Å². The maximum atomic E-state index is 13.3. The summed E-state index contributed by atoms with van der Waals surface area (Å²) in [6, 6.07) is 2.69. The van der Waals surface area contributed by atoms with Gasteiger partial charge in [-0.05, 0) is 47.8 Å². The minimum absolute atomic E-state index is 0.0813. The third-order valence-electron chi connectivity index (χ3n) is 2.54. The molecule has 0 aliphatic heterocycles. The molecule has 0 heterocycles. The van der Waals surface area contributed by atoms with Crippen LogP contribution in [-0.2, 0) is 0 Å². The molecule has 17 heavy (non-hydrogen) atoms. The molecule has 1 fully saturated rings. The molecule has 0 radical (unpaired) electrons. The Hall–Kier alpha value is -0.680. The molecular weight excluding hydrogens is 292 g/mol. The van der Waals surface area contributed by atoms with Gasteiger partial charge in [-0.3, -0.25) is 0 Å². The second-order valence-electron chi connectivity index (χ2n) is 4.13. The first-order valence-corrected chi connectivity index (χ1v) is 6.47. The van der Waals surface area contributed by atoms with Crippen molar-refractivity contribution in [1.29, 1.82) is 0 Å². The highest BCUT2D eigenvalue weighted by Gasteiger charge is 2.19. The zero-order valence-corrected chi connectivity index (χ0v) is 10.9. The summed E-state index contributed by atoms with van der Waals surface area (Å²) in [4.78, 5) is 0. The molecule has 1 aliphatic rings. The lowest BCUT2D eigenvalue weighted by Crippen LogP contribution is -2.19. The first-order valence-electron chi connectivity index (χ1n) is 5.67. The number of nitrogens with one attached hydrogen (secondary N) is 1. The zero-order valence-electron chi connectivity index (χ0n) is 9.31. The van der Waals surface area contributed by atoms with Crippen LogP contribution in [0.1, 0.15) is 19.3 Å². The molecule has 1 saturated carbocycles. The van der Waals surface area contributed by atoms with E-state index < -0.39 is 11.6 Å². The normalized spacial score (nSPS) is 15.0. The molecule has 1 aliphatic carbocycles. The highest BCUT2D eigenvalue weighted by atomic mass is 79.9. The second-order valence-corrected chi connectivity index (χ2v) is 4.98. The van der Waals surface area contributed by atoms with Gasteiger partial charge in [-0.15, -0.1) is 0 Å². The van der Waals surface area contributed by atoms with Crippen molar-refractivity contribution in [1.82, 2.24) is 5.32 Å². The van der Waals surface area contributed by atoms with Crippen LogP contribution in [0.15, 0.2) is 16.6 Å². The lowest BCUT2D eigenvalue weighted by Gasteiger charge is -2.09. The number of hydrogen-bond acceptors (Lipinski definition) is 2. The van der Waals surface area contributed by atoms with E-state index in [9.17, 15) is 8.78 Å². The quantitative estimate of drug-likeness (QED) is 0.815. The van der Waals surface area contributed by atoms with Gasteiger partial charge >= 0.3 is 0 Å². The average Bonchev–Trinajstić information content (AvgIpc) is 3.04. The molecule has 0 unspecified atom stereocenters. The summed E-state index contributed by atoms with van der Waals surface area (Å²) in [5, 5.41) is 3.34. The Kier molecular flexibility index (Phi) is 4.34. The third-order valence-corrected chi connectivity index (χ3v) is 3.13. The largest absolute Gasteiger partial charge is 0.489 e. The van der Waals surface area contributed by atoms with Crippen LogP contribution in [0.25, 0.3) is 0 Å². The minimum atomic E-state index is -0.674. The summed E-state index contributed by atoms with van der Waals surface area (Å²) in [5.74, 6) is -1.21. The zero-order chi connectivity index (χ0) is 12.3. The van der Waals surface area contributed by atoms with Crippen molar-refractivity contribution in [2.75, 3.05) is 13.2 Å². The van der Waals surface area contributed by atoms with Gasteiger partial charge in [0.1, 0.15) is 5.82 Å². The standard InChI is InChI=1S/C12H14BrF2NO/c13-10-6-8(14)7-11(15)12(10)17-5-1-4-16-9-2-3-9/h6-7,9,16H,1-5H2. The van der Waals surface area contributed by atoms with Crippen LogP contribution in [0, 0.1) is 11.6 Å². The number of rotatable bonds is 6. The molecule has 0 saturated heterocycles. The van der Waals surface area contributed by atoms with E-state index in [2.05, 4.69) is 21.2 Å². The number of benzene rings is 1. The van der Waals surface area contributed by atoms with Gasteiger partial charge in [-0.1, -0.05) is 0 Å². The van der Waals surface area contributed by atoms with Crippen molar-refractivity contribution >= 4 is 15.9 Å². The van der Waals surface area contributed by atoms with Gasteiger partial charge in [0.15, 0.2) is 11.6 Å². The summed E-state index contributed by atoms with van der Waals surface area (Å²) in [5.41, 5.74) is 0. The van der Waals surface area contributed by atoms with E-state index in [1.165, 1.54) is 18.9 Å². The van der Waals surface area contributed by atoms with Crippen LogP contribution < -0.4 is 10.1 Å². The first kappa shape index (κ1) is 12.8. The maximum absolute atomic E-state index is 13.3. The molecule has 0 bridgehead atoms. The van der Waals surface area contributed by atoms with Crippen LogP contribution in [0.2, 0.25) is 0 Å². The van der Waals surface area contributed by atoms with Crippen molar-refractivity contribution in [3.63, 3.8) is 0 Å². The fourth-order valence-corrected chi connectivity index (χ4v) is 2.03. The lowest BCUT2D eigenvalue weighted by molar-refractivity contribution is 0.290. The summed E-state index contributed by atoms with van der Waals surface area (Å²) < 4.78 is 31.8. The molecule has 0 aromatic heterocycles. The van der Waals surface area contributed by atoms with E-state index in [-0.39, 0.29) is 5.75 Å². The molecule has 5 heteroatoms. The predicted molar refractivity (Wildman–Crippen MR) is 65.2 cm³/mol. The van der Waals surface area contributed by atoms with Crippen molar-refractivity contribution in [3.8, 4) is 5.75 Å². The van der Waals surface area contributed by atoms with Gasteiger partial charge in [0.2, 0.25) is 0 Å². The second kappa shape index (κ2) is 5.78. The SMILES string of the molecule is Fc1cc(F)c(OCCCNC2CC2)c(Br)c1. The predicted octanol–water partition coefficient (Wildman–Crippen LogP) is 3.25. The van der Waals surface area contributed by atoms with Crippen molar-refractivity contribution in [2.45, 2.75) is 25.3 Å². The van der Waals surface area contributed by atoms with E-state index in [4.69, 9.17) is 4.74 Å². The Labute approximate surface area is 107 Å².